The molecule has 0 unspecified atom stereocenters. The van der Waals surface area contributed by atoms with Crippen molar-refractivity contribution in [2.75, 3.05) is 72.1 Å². The normalized spacial score (nSPS) is 20.2. The molecule has 0 aromatic carbocycles. The van der Waals surface area contributed by atoms with Crippen LogP contribution in [0.5, 0.6) is 0 Å². The molecular weight excluding hydrogens is 484 g/mol. The molecule has 2 amide bonds. The van der Waals surface area contributed by atoms with Gasteiger partial charge >= 0.3 is 0 Å². The highest BCUT2D eigenvalue weighted by Gasteiger charge is 2.43. The zero-order chi connectivity index (χ0) is 25.8. The van der Waals surface area contributed by atoms with Crippen LogP contribution in [0.15, 0.2) is 0 Å². The lowest BCUT2D eigenvalue weighted by Gasteiger charge is -2.36. The molecular formula is C29H56N4O3S. The van der Waals surface area contributed by atoms with Gasteiger partial charge in [-0.2, -0.15) is 13.5 Å². The van der Waals surface area contributed by atoms with E-state index in [0.717, 1.165) is 19.4 Å². The van der Waals surface area contributed by atoms with E-state index in [4.69, 9.17) is 0 Å². The Balaban J connectivity index is 0.00000481. The van der Waals surface area contributed by atoms with Crippen molar-refractivity contribution in [3.63, 3.8) is 0 Å². The number of carbonyl (C=O) groups is 2. The van der Waals surface area contributed by atoms with Gasteiger partial charge in [0.2, 0.25) is 11.8 Å². The number of carbonyl (C=O) groups excluding carboxylic acids is 2. The van der Waals surface area contributed by atoms with Crippen LogP contribution in [0.1, 0.15) is 90.9 Å². The predicted molar refractivity (Wildman–Crippen MR) is 156 cm³/mol. The molecule has 0 aromatic heterocycles. The molecule has 8 heteroatoms. The fraction of sp³-hybridized carbons (Fsp3) is 0.931. The highest BCUT2D eigenvalue weighted by atomic mass is 32.1. The molecule has 3 rings (SSSR count). The van der Waals surface area contributed by atoms with Gasteiger partial charge in [0.1, 0.15) is 0 Å². The van der Waals surface area contributed by atoms with Crippen LogP contribution in [-0.4, -0.2) is 109 Å². The van der Waals surface area contributed by atoms with Gasteiger partial charge in [-0.25, -0.2) is 0 Å². The minimum Gasteiger partial charge on any atom is -0.396 e. The Kier molecular flexibility index (Phi) is 14.9. The third-order valence-corrected chi connectivity index (χ3v) is 8.50. The summed E-state index contributed by atoms with van der Waals surface area (Å²) in [6.07, 6.45) is 13.7. The Hall–Kier alpha value is -0.830. The first kappa shape index (κ1) is 32.4. The molecule has 37 heavy (non-hydrogen) atoms. The number of amides is 2. The van der Waals surface area contributed by atoms with Crippen LogP contribution >= 0.6 is 13.5 Å². The van der Waals surface area contributed by atoms with Crippen molar-refractivity contribution in [1.82, 2.24) is 19.6 Å². The van der Waals surface area contributed by atoms with E-state index in [0.29, 0.717) is 51.5 Å². The maximum absolute atomic E-state index is 12.5. The van der Waals surface area contributed by atoms with Crippen LogP contribution in [0.2, 0.25) is 0 Å². The fourth-order valence-corrected chi connectivity index (χ4v) is 5.70. The van der Waals surface area contributed by atoms with E-state index in [1.165, 1.54) is 84.1 Å². The van der Waals surface area contributed by atoms with Crippen LogP contribution in [0.3, 0.4) is 0 Å². The second-order valence-electron chi connectivity index (χ2n) is 12.2. The molecule has 1 saturated carbocycles. The van der Waals surface area contributed by atoms with Gasteiger partial charge in [0.25, 0.3) is 0 Å². The molecule has 216 valence electrons. The summed E-state index contributed by atoms with van der Waals surface area (Å²) in [7, 11) is 0. The SMILES string of the molecule is CC(C)CC(=O)N1CCN(C(=O)CCCCCCCCCCN2CCN(CC3(CO)CC3)CC2)CC1.S. The summed E-state index contributed by atoms with van der Waals surface area (Å²) in [4.78, 5) is 33.7. The second kappa shape index (κ2) is 17.0. The lowest BCUT2D eigenvalue weighted by molar-refractivity contribution is -0.140. The molecule has 2 aliphatic heterocycles. The Labute approximate surface area is 233 Å². The summed E-state index contributed by atoms with van der Waals surface area (Å²) in [5.74, 6) is 0.894. The summed E-state index contributed by atoms with van der Waals surface area (Å²) >= 11 is 0. The average molecular weight is 541 g/mol. The van der Waals surface area contributed by atoms with Gasteiger partial charge in [-0.3, -0.25) is 9.59 Å². The van der Waals surface area contributed by atoms with Gasteiger partial charge < -0.3 is 24.7 Å². The second-order valence-corrected chi connectivity index (χ2v) is 12.2. The number of nitrogens with zero attached hydrogens (tertiary/aromatic N) is 4. The first-order chi connectivity index (χ1) is 17.4. The molecule has 0 bridgehead atoms. The summed E-state index contributed by atoms with van der Waals surface area (Å²) < 4.78 is 0. The van der Waals surface area contributed by atoms with E-state index in [-0.39, 0.29) is 30.7 Å². The van der Waals surface area contributed by atoms with Gasteiger partial charge in [0.05, 0.1) is 0 Å². The van der Waals surface area contributed by atoms with E-state index in [1.807, 2.05) is 9.80 Å². The quantitative estimate of drug-likeness (QED) is 0.302. The zero-order valence-electron chi connectivity index (χ0n) is 23.9. The van der Waals surface area contributed by atoms with Crippen molar-refractivity contribution in [2.45, 2.75) is 90.9 Å². The summed E-state index contributed by atoms with van der Waals surface area (Å²) in [5.41, 5.74) is 0.253. The van der Waals surface area contributed by atoms with Crippen LogP contribution in [0.25, 0.3) is 0 Å². The average Bonchev–Trinajstić information content (AvgIpc) is 3.65. The predicted octanol–water partition coefficient (Wildman–Crippen LogP) is 3.72. The van der Waals surface area contributed by atoms with Crippen molar-refractivity contribution in [3.05, 3.63) is 0 Å². The van der Waals surface area contributed by atoms with Gasteiger partial charge in [0, 0.05) is 83.8 Å². The number of unbranched alkanes of at least 4 members (excludes halogenated alkanes) is 7. The summed E-state index contributed by atoms with van der Waals surface area (Å²) in [6, 6.07) is 0. The summed E-state index contributed by atoms with van der Waals surface area (Å²) in [6.45, 7) is 14.3. The van der Waals surface area contributed by atoms with Crippen molar-refractivity contribution >= 4 is 25.3 Å². The zero-order valence-corrected chi connectivity index (χ0v) is 24.9. The number of rotatable bonds is 16. The molecule has 7 nitrogen and oxygen atoms in total. The van der Waals surface area contributed by atoms with Crippen LogP contribution in [-0.2, 0) is 9.59 Å². The van der Waals surface area contributed by atoms with Crippen molar-refractivity contribution < 1.29 is 14.7 Å². The standard InChI is InChI=1S/C29H54N4O3.H2S/c1-26(2)23-28(36)33-21-19-32(20-22-33)27(35)11-9-7-5-3-4-6-8-10-14-30-15-17-31(18-16-30)24-29(25-34)12-13-29;/h26,34H,3-25H2,1-2H3;1H2. The third kappa shape index (κ3) is 11.8. The third-order valence-electron chi connectivity index (χ3n) is 8.50. The Morgan fingerprint density at radius 1 is 0.703 bits per heavy atom. The highest BCUT2D eigenvalue weighted by Crippen LogP contribution is 2.45. The van der Waals surface area contributed by atoms with Gasteiger partial charge in [0.15, 0.2) is 0 Å². The first-order valence-corrected chi connectivity index (χ1v) is 15.0. The van der Waals surface area contributed by atoms with Crippen molar-refractivity contribution in [3.8, 4) is 0 Å². The monoisotopic (exact) mass is 540 g/mol. The lowest BCUT2D eigenvalue weighted by atomic mass is 10.1. The Bertz CT molecular complexity index is 658. The van der Waals surface area contributed by atoms with E-state index in [1.54, 1.807) is 0 Å². The molecule has 0 radical (unpaired) electrons. The van der Waals surface area contributed by atoms with E-state index in [2.05, 4.69) is 23.6 Å². The highest BCUT2D eigenvalue weighted by molar-refractivity contribution is 7.59. The van der Waals surface area contributed by atoms with E-state index >= 15 is 0 Å². The lowest BCUT2D eigenvalue weighted by Crippen LogP contribution is -2.50. The largest absolute Gasteiger partial charge is 0.396 e. The number of piperazine rings is 2. The maximum atomic E-state index is 12.5. The van der Waals surface area contributed by atoms with Gasteiger partial charge in [-0.1, -0.05) is 52.4 Å². The molecule has 2 saturated heterocycles. The molecule has 1 N–H and O–H groups in total. The molecule has 0 aromatic rings. The number of aliphatic hydroxyl groups is 1. The molecule has 0 atom stereocenters. The fourth-order valence-electron chi connectivity index (χ4n) is 5.70. The van der Waals surface area contributed by atoms with Crippen LogP contribution < -0.4 is 0 Å². The van der Waals surface area contributed by atoms with Crippen LogP contribution in [0, 0.1) is 11.3 Å². The minimum absolute atomic E-state index is 0. The molecule has 1 aliphatic carbocycles. The topological polar surface area (TPSA) is 67.3 Å². The van der Waals surface area contributed by atoms with Crippen molar-refractivity contribution in [2.24, 2.45) is 11.3 Å². The Morgan fingerprint density at radius 3 is 1.70 bits per heavy atom. The number of hydrogen-bond donors (Lipinski definition) is 1. The molecule has 3 fully saturated rings. The minimum atomic E-state index is 0. The summed E-state index contributed by atoms with van der Waals surface area (Å²) in [5, 5.41) is 9.54. The van der Waals surface area contributed by atoms with E-state index < -0.39 is 0 Å². The van der Waals surface area contributed by atoms with E-state index in [9.17, 15) is 14.7 Å². The smallest absolute Gasteiger partial charge is 0.222 e. The molecule has 2 heterocycles. The number of hydrogen-bond acceptors (Lipinski definition) is 5. The van der Waals surface area contributed by atoms with Gasteiger partial charge in [-0.15, -0.1) is 0 Å². The number of aliphatic hydroxyl groups excluding tert-OH is 1. The molecule has 0 spiro atoms. The van der Waals surface area contributed by atoms with Crippen molar-refractivity contribution in [1.29, 1.82) is 0 Å². The first-order valence-electron chi connectivity index (χ1n) is 15.0. The van der Waals surface area contributed by atoms with Crippen LogP contribution in [0.4, 0.5) is 0 Å². The van der Waals surface area contributed by atoms with Gasteiger partial charge in [-0.05, 0) is 38.1 Å². The maximum Gasteiger partial charge on any atom is 0.222 e. The molecule has 3 aliphatic rings. The Morgan fingerprint density at radius 2 is 1.19 bits per heavy atom.